The molecule has 9 heteroatoms. The summed E-state index contributed by atoms with van der Waals surface area (Å²) in [5.41, 5.74) is 9.84. The molecular weight excluding hydrogens is 472 g/mol. The number of nitrogens with zero attached hydrogens (tertiary/aromatic N) is 2. The van der Waals surface area contributed by atoms with Crippen molar-refractivity contribution < 1.29 is 13.5 Å². The van der Waals surface area contributed by atoms with Crippen molar-refractivity contribution in [2.24, 2.45) is 10.7 Å². The minimum Gasteiger partial charge on any atom is -0.508 e. The number of nitrogens with one attached hydrogen (secondary N) is 1. The van der Waals surface area contributed by atoms with E-state index < -0.39 is 10.0 Å². The summed E-state index contributed by atoms with van der Waals surface area (Å²) in [5.74, 6) is -0.0595. The topological polar surface area (TPSA) is 118 Å². The van der Waals surface area contributed by atoms with Gasteiger partial charge in [0.25, 0.3) is 10.0 Å². The van der Waals surface area contributed by atoms with E-state index in [1.54, 1.807) is 60.8 Å². The quantitative estimate of drug-likeness (QED) is 0.269. The first kappa shape index (κ1) is 23.3. The van der Waals surface area contributed by atoms with Crippen LogP contribution < -0.4 is 10.5 Å². The van der Waals surface area contributed by atoms with Crippen LogP contribution in [0.2, 0.25) is 5.02 Å². The first-order valence-corrected chi connectivity index (χ1v) is 12.1. The number of aliphatic imine (C=N–C) groups is 1. The largest absolute Gasteiger partial charge is 0.508 e. The van der Waals surface area contributed by atoms with Crippen LogP contribution in [0.4, 0.5) is 0 Å². The summed E-state index contributed by atoms with van der Waals surface area (Å²) in [6.45, 7) is 0.118. The van der Waals surface area contributed by atoms with Gasteiger partial charge in [0, 0.05) is 22.3 Å². The summed E-state index contributed by atoms with van der Waals surface area (Å²) >= 11 is 6.06. The van der Waals surface area contributed by atoms with Gasteiger partial charge in [-0.25, -0.2) is 18.1 Å². The lowest BCUT2D eigenvalue weighted by Crippen LogP contribution is -2.36. The number of benzene rings is 3. The van der Waals surface area contributed by atoms with Crippen LogP contribution in [0.25, 0.3) is 22.4 Å². The lowest BCUT2D eigenvalue weighted by molar-refractivity contribution is 0.475. The van der Waals surface area contributed by atoms with Crippen LogP contribution in [0.1, 0.15) is 5.56 Å². The molecule has 0 aliphatic rings. The molecule has 4 N–H and O–H groups in total. The highest BCUT2D eigenvalue weighted by atomic mass is 35.5. The Hall–Kier alpha value is -3.88. The molecule has 172 valence electrons. The fourth-order valence-electron chi connectivity index (χ4n) is 3.30. The maximum atomic E-state index is 12.4. The average Bonchev–Trinajstić information content (AvgIpc) is 2.84. The van der Waals surface area contributed by atoms with Crippen LogP contribution in [0.15, 0.2) is 101 Å². The highest BCUT2D eigenvalue weighted by molar-refractivity contribution is 7.90. The van der Waals surface area contributed by atoms with Gasteiger partial charge in [-0.15, -0.1) is 0 Å². The first-order chi connectivity index (χ1) is 16.3. The summed E-state index contributed by atoms with van der Waals surface area (Å²) in [4.78, 5) is 8.89. The number of phenols is 1. The van der Waals surface area contributed by atoms with Crippen LogP contribution in [0, 0.1) is 0 Å². The van der Waals surface area contributed by atoms with Gasteiger partial charge in [0.2, 0.25) is 5.96 Å². The smallest absolute Gasteiger partial charge is 0.264 e. The highest BCUT2D eigenvalue weighted by Crippen LogP contribution is 2.32. The molecule has 4 rings (SSSR count). The number of nitrogens with two attached hydrogens (primary N) is 1. The van der Waals surface area contributed by atoms with Crippen molar-refractivity contribution in [2.75, 3.05) is 0 Å². The fourth-order valence-corrected chi connectivity index (χ4v) is 4.40. The van der Waals surface area contributed by atoms with E-state index in [0.29, 0.717) is 10.7 Å². The number of halogens is 1. The van der Waals surface area contributed by atoms with Crippen molar-refractivity contribution in [1.82, 2.24) is 9.71 Å². The maximum Gasteiger partial charge on any atom is 0.264 e. The van der Waals surface area contributed by atoms with E-state index in [-0.39, 0.29) is 23.1 Å². The molecule has 0 unspecified atom stereocenters. The van der Waals surface area contributed by atoms with Gasteiger partial charge in [-0.05, 0) is 65.7 Å². The molecular formula is C25H21ClN4O3S. The number of aromatic hydroxyl groups is 1. The lowest BCUT2D eigenvalue weighted by Gasteiger charge is -2.12. The third-order valence-electron chi connectivity index (χ3n) is 4.96. The summed E-state index contributed by atoms with van der Waals surface area (Å²) in [5, 5.41) is 10.2. The standard InChI is InChI=1S/C25H21ClN4O3S/c26-20-10-6-18(7-11-20)23-14-17(15-28-24(23)19-8-12-21(31)13-9-19)16-29-25(27)30-34(32,33)22-4-2-1-3-5-22/h1-15,31H,16H2,(H3,27,29,30). The van der Waals surface area contributed by atoms with Crippen LogP contribution in [-0.4, -0.2) is 24.5 Å². The third-order valence-corrected chi connectivity index (χ3v) is 6.59. The van der Waals surface area contributed by atoms with Gasteiger partial charge in [0.15, 0.2) is 0 Å². The van der Waals surface area contributed by atoms with E-state index in [1.165, 1.54) is 12.1 Å². The van der Waals surface area contributed by atoms with Crippen LogP contribution in [-0.2, 0) is 16.6 Å². The molecule has 0 bridgehead atoms. The fraction of sp³-hybridized carbons (Fsp3) is 0.0400. The monoisotopic (exact) mass is 492 g/mol. The predicted octanol–water partition coefficient (Wildman–Crippen LogP) is 4.57. The van der Waals surface area contributed by atoms with Crippen molar-refractivity contribution in [3.63, 3.8) is 0 Å². The molecule has 0 atom stereocenters. The molecule has 1 heterocycles. The molecule has 0 saturated heterocycles. The van der Waals surface area contributed by atoms with Crippen molar-refractivity contribution in [3.8, 4) is 28.1 Å². The molecule has 1 aromatic heterocycles. The Morgan fingerprint density at radius 3 is 2.29 bits per heavy atom. The number of pyridine rings is 1. The van der Waals surface area contributed by atoms with E-state index in [9.17, 15) is 13.5 Å². The van der Waals surface area contributed by atoms with Gasteiger partial charge in [0.1, 0.15) is 5.75 Å². The zero-order valence-corrected chi connectivity index (χ0v) is 19.5. The van der Waals surface area contributed by atoms with Crippen LogP contribution in [0.5, 0.6) is 5.75 Å². The Bertz CT molecular complexity index is 1420. The van der Waals surface area contributed by atoms with Gasteiger partial charge in [-0.1, -0.05) is 41.9 Å². The second kappa shape index (κ2) is 9.94. The summed E-state index contributed by atoms with van der Waals surface area (Å²) in [7, 11) is -3.82. The molecule has 0 spiro atoms. The summed E-state index contributed by atoms with van der Waals surface area (Å²) < 4.78 is 27.1. The zero-order chi connectivity index (χ0) is 24.1. The number of sulfonamides is 1. The molecule has 0 aliphatic heterocycles. The number of rotatable bonds is 6. The Morgan fingerprint density at radius 1 is 0.971 bits per heavy atom. The van der Waals surface area contributed by atoms with Crippen molar-refractivity contribution in [3.05, 3.63) is 102 Å². The minimum absolute atomic E-state index is 0.0955. The number of aromatic nitrogens is 1. The number of hydrogen-bond acceptors (Lipinski definition) is 5. The normalized spacial score (nSPS) is 11.9. The van der Waals surface area contributed by atoms with Gasteiger partial charge in [0.05, 0.1) is 17.1 Å². The molecule has 0 fully saturated rings. The number of hydrogen-bond donors (Lipinski definition) is 3. The summed E-state index contributed by atoms with van der Waals surface area (Å²) in [6.07, 6.45) is 1.66. The van der Waals surface area contributed by atoms with Crippen molar-refractivity contribution in [2.45, 2.75) is 11.4 Å². The van der Waals surface area contributed by atoms with Crippen molar-refractivity contribution >= 4 is 27.6 Å². The Morgan fingerprint density at radius 2 is 1.62 bits per heavy atom. The summed E-state index contributed by atoms with van der Waals surface area (Å²) in [6, 6.07) is 24.0. The van der Waals surface area contributed by atoms with Gasteiger partial charge >= 0.3 is 0 Å². The lowest BCUT2D eigenvalue weighted by atomic mass is 9.98. The van der Waals surface area contributed by atoms with E-state index in [2.05, 4.69) is 14.7 Å². The SMILES string of the molecule is NC(=NCc1cnc(-c2ccc(O)cc2)c(-c2ccc(Cl)cc2)c1)NS(=O)(=O)c1ccccc1. The van der Waals surface area contributed by atoms with E-state index in [1.807, 2.05) is 18.2 Å². The molecule has 3 aromatic carbocycles. The van der Waals surface area contributed by atoms with Crippen LogP contribution in [0.3, 0.4) is 0 Å². The highest BCUT2D eigenvalue weighted by Gasteiger charge is 2.15. The second-order valence-corrected chi connectivity index (χ2v) is 9.53. The number of phenolic OH excluding ortho intramolecular Hbond substituents is 1. The average molecular weight is 493 g/mol. The predicted molar refractivity (Wildman–Crippen MR) is 134 cm³/mol. The molecule has 0 radical (unpaired) electrons. The first-order valence-electron chi connectivity index (χ1n) is 10.2. The molecule has 34 heavy (non-hydrogen) atoms. The molecule has 7 nitrogen and oxygen atoms in total. The maximum absolute atomic E-state index is 12.4. The Balaban J connectivity index is 1.63. The van der Waals surface area contributed by atoms with Crippen LogP contribution >= 0.6 is 11.6 Å². The van der Waals surface area contributed by atoms with Gasteiger partial charge in [-0.2, -0.15) is 0 Å². The Kier molecular flexibility index (Phi) is 6.81. The molecule has 4 aromatic rings. The van der Waals surface area contributed by atoms with Gasteiger partial charge in [-0.3, -0.25) is 4.98 Å². The van der Waals surface area contributed by atoms with E-state index >= 15 is 0 Å². The molecule has 0 amide bonds. The van der Waals surface area contributed by atoms with Crippen molar-refractivity contribution in [1.29, 1.82) is 0 Å². The van der Waals surface area contributed by atoms with E-state index in [0.717, 1.165) is 22.3 Å². The Labute approximate surface area is 202 Å². The second-order valence-electron chi connectivity index (χ2n) is 7.41. The van der Waals surface area contributed by atoms with E-state index in [4.69, 9.17) is 17.3 Å². The zero-order valence-electron chi connectivity index (χ0n) is 17.9. The molecule has 0 aliphatic carbocycles. The molecule has 0 saturated carbocycles. The number of guanidine groups is 1. The third kappa shape index (κ3) is 5.54. The van der Waals surface area contributed by atoms with Gasteiger partial charge < -0.3 is 10.8 Å². The minimum atomic E-state index is -3.82.